The van der Waals surface area contributed by atoms with Crippen molar-refractivity contribution in [3.63, 3.8) is 0 Å². The molecule has 1 aromatic heterocycles. The molecule has 3 nitrogen and oxygen atoms in total. The van der Waals surface area contributed by atoms with Crippen molar-refractivity contribution in [1.82, 2.24) is 4.98 Å². The number of benzene rings is 2. The number of amides is 1. The number of halogens is 4. The van der Waals surface area contributed by atoms with Gasteiger partial charge in [0.1, 0.15) is 29.1 Å². The molecule has 0 N–H and O–H groups in total. The van der Waals surface area contributed by atoms with Gasteiger partial charge in [-0.25, -0.2) is 18.2 Å². The topological polar surface area (TPSA) is 33.2 Å². The summed E-state index contributed by atoms with van der Waals surface area (Å²) in [6.45, 7) is -0.357. The monoisotopic (exact) mass is 364 g/mol. The fourth-order valence-corrected chi connectivity index (χ4v) is 2.59. The molecule has 1 amide bonds. The van der Waals surface area contributed by atoms with Crippen molar-refractivity contribution in [2.45, 2.75) is 6.54 Å². The standard InChI is InChI=1S/C18H12ClF3N2O/c19-9-18(25)24(10-13-14(21)2-1-3-15(13)22)17-7-4-11-8-12(20)5-6-16(11)23-17/h1-8H,9-10H2. The van der Waals surface area contributed by atoms with E-state index in [4.69, 9.17) is 11.6 Å². The summed E-state index contributed by atoms with van der Waals surface area (Å²) in [5.74, 6) is -2.71. The number of carbonyl (C=O) groups excluding carboxylic acids is 1. The van der Waals surface area contributed by atoms with E-state index in [0.29, 0.717) is 10.9 Å². The Morgan fingerprint density at radius 1 is 1.04 bits per heavy atom. The number of nitrogens with zero attached hydrogens (tertiary/aromatic N) is 2. The Morgan fingerprint density at radius 3 is 2.44 bits per heavy atom. The van der Waals surface area contributed by atoms with Crippen LogP contribution in [0.4, 0.5) is 19.0 Å². The Bertz CT molecular complexity index is 929. The minimum absolute atomic E-state index is 0.174. The largest absolute Gasteiger partial charge is 0.291 e. The van der Waals surface area contributed by atoms with E-state index in [1.54, 1.807) is 6.07 Å². The van der Waals surface area contributed by atoms with Crippen molar-refractivity contribution in [2.75, 3.05) is 10.8 Å². The van der Waals surface area contributed by atoms with E-state index >= 15 is 0 Å². The Labute approximate surface area is 146 Å². The van der Waals surface area contributed by atoms with E-state index in [2.05, 4.69) is 4.98 Å². The fourth-order valence-electron chi connectivity index (χ4n) is 2.45. The van der Waals surface area contributed by atoms with Gasteiger partial charge in [0.2, 0.25) is 5.91 Å². The summed E-state index contributed by atoms with van der Waals surface area (Å²) in [7, 11) is 0. The molecule has 0 saturated carbocycles. The molecule has 0 spiro atoms. The molecule has 25 heavy (non-hydrogen) atoms. The van der Waals surface area contributed by atoms with Gasteiger partial charge in [0.15, 0.2) is 0 Å². The number of alkyl halides is 1. The molecule has 0 radical (unpaired) electrons. The summed E-state index contributed by atoms with van der Waals surface area (Å²) in [5.41, 5.74) is 0.183. The van der Waals surface area contributed by atoms with Gasteiger partial charge < -0.3 is 0 Å². The third-order valence-electron chi connectivity index (χ3n) is 3.71. The van der Waals surface area contributed by atoms with Crippen LogP contribution in [0.5, 0.6) is 0 Å². The molecule has 128 valence electrons. The van der Waals surface area contributed by atoms with Crippen molar-refractivity contribution < 1.29 is 18.0 Å². The van der Waals surface area contributed by atoms with Crippen molar-refractivity contribution in [1.29, 1.82) is 0 Å². The minimum atomic E-state index is -0.768. The van der Waals surface area contributed by atoms with E-state index in [1.807, 2.05) is 0 Å². The summed E-state index contributed by atoms with van der Waals surface area (Å²) in [6, 6.07) is 10.5. The predicted molar refractivity (Wildman–Crippen MR) is 90.0 cm³/mol. The molecular weight excluding hydrogens is 353 g/mol. The van der Waals surface area contributed by atoms with Crippen LogP contribution in [0.25, 0.3) is 10.9 Å². The van der Waals surface area contributed by atoms with Crippen LogP contribution in [0.1, 0.15) is 5.56 Å². The summed E-state index contributed by atoms with van der Waals surface area (Å²) >= 11 is 5.63. The molecule has 0 atom stereocenters. The predicted octanol–water partition coefficient (Wildman–Crippen LogP) is 4.42. The lowest BCUT2D eigenvalue weighted by Crippen LogP contribution is -2.32. The zero-order chi connectivity index (χ0) is 18.0. The van der Waals surface area contributed by atoms with Gasteiger partial charge in [-0.05, 0) is 42.5 Å². The first kappa shape index (κ1) is 17.2. The van der Waals surface area contributed by atoms with Crippen molar-refractivity contribution in [3.05, 3.63) is 71.5 Å². The third-order valence-corrected chi connectivity index (χ3v) is 3.94. The highest BCUT2D eigenvalue weighted by Crippen LogP contribution is 2.23. The van der Waals surface area contributed by atoms with Crippen LogP contribution in [-0.2, 0) is 11.3 Å². The van der Waals surface area contributed by atoms with Crippen molar-refractivity contribution in [3.8, 4) is 0 Å². The summed E-state index contributed by atoms with van der Waals surface area (Å²) in [5, 5.41) is 0.541. The number of hydrogen-bond acceptors (Lipinski definition) is 2. The second kappa shape index (κ2) is 7.11. The lowest BCUT2D eigenvalue weighted by atomic mass is 10.1. The van der Waals surface area contributed by atoms with Crippen LogP contribution in [0.15, 0.2) is 48.5 Å². The highest BCUT2D eigenvalue weighted by Gasteiger charge is 2.21. The highest BCUT2D eigenvalue weighted by atomic mass is 35.5. The number of carbonyl (C=O) groups is 1. The Hall–Kier alpha value is -2.60. The van der Waals surface area contributed by atoms with E-state index in [1.165, 1.54) is 30.3 Å². The quantitative estimate of drug-likeness (QED) is 0.642. The molecule has 0 aliphatic rings. The number of fused-ring (bicyclic) bond motifs is 1. The van der Waals surface area contributed by atoms with E-state index in [9.17, 15) is 18.0 Å². The lowest BCUT2D eigenvalue weighted by molar-refractivity contribution is -0.116. The zero-order valence-corrected chi connectivity index (χ0v) is 13.6. The minimum Gasteiger partial charge on any atom is -0.291 e. The van der Waals surface area contributed by atoms with Gasteiger partial charge in [0.05, 0.1) is 12.1 Å². The average molecular weight is 365 g/mol. The van der Waals surface area contributed by atoms with Crippen LogP contribution >= 0.6 is 11.6 Å². The van der Waals surface area contributed by atoms with E-state index in [-0.39, 0.29) is 23.8 Å². The van der Waals surface area contributed by atoms with Gasteiger partial charge >= 0.3 is 0 Å². The van der Waals surface area contributed by atoms with Crippen molar-refractivity contribution in [2.24, 2.45) is 0 Å². The van der Waals surface area contributed by atoms with Gasteiger partial charge in [0, 0.05) is 10.9 Å². The maximum Gasteiger partial charge on any atom is 0.243 e. The van der Waals surface area contributed by atoms with Crippen molar-refractivity contribution >= 4 is 34.2 Å². The van der Waals surface area contributed by atoms with E-state index < -0.39 is 23.4 Å². The zero-order valence-electron chi connectivity index (χ0n) is 12.8. The van der Waals surface area contributed by atoms with Gasteiger partial charge in [-0.15, -0.1) is 11.6 Å². The van der Waals surface area contributed by atoms with Crippen LogP contribution in [-0.4, -0.2) is 16.8 Å². The normalized spacial score (nSPS) is 10.9. The second-order valence-electron chi connectivity index (χ2n) is 5.32. The fraction of sp³-hybridized carbons (Fsp3) is 0.111. The second-order valence-corrected chi connectivity index (χ2v) is 5.59. The van der Waals surface area contributed by atoms with Gasteiger partial charge in [-0.1, -0.05) is 6.07 Å². The molecule has 0 saturated heterocycles. The Balaban J connectivity index is 2.04. The lowest BCUT2D eigenvalue weighted by Gasteiger charge is -2.22. The molecule has 2 aromatic carbocycles. The van der Waals surface area contributed by atoms with Gasteiger partial charge in [-0.2, -0.15) is 0 Å². The molecule has 7 heteroatoms. The Morgan fingerprint density at radius 2 is 1.76 bits per heavy atom. The number of hydrogen-bond donors (Lipinski definition) is 0. The van der Waals surface area contributed by atoms with Crippen LogP contribution in [0.2, 0.25) is 0 Å². The number of pyridine rings is 1. The molecule has 1 heterocycles. The molecule has 3 rings (SSSR count). The molecular formula is C18H12ClF3N2O. The molecule has 3 aromatic rings. The summed E-state index contributed by atoms with van der Waals surface area (Å²) < 4.78 is 41.1. The highest BCUT2D eigenvalue weighted by molar-refractivity contribution is 6.29. The number of rotatable bonds is 4. The molecule has 0 unspecified atom stereocenters. The average Bonchev–Trinajstić information content (AvgIpc) is 2.60. The smallest absolute Gasteiger partial charge is 0.243 e. The maximum absolute atomic E-state index is 13.9. The molecule has 0 fully saturated rings. The van der Waals surface area contributed by atoms with Gasteiger partial charge in [0.25, 0.3) is 0 Å². The summed E-state index contributed by atoms with van der Waals surface area (Å²) in [4.78, 5) is 17.5. The third kappa shape index (κ3) is 3.58. The Kier molecular flexibility index (Phi) is 4.90. The number of anilines is 1. The SMILES string of the molecule is O=C(CCl)N(Cc1c(F)cccc1F)c1ccc2cc(F)ccc2n1. The maximum atomic E-state index is 13.9. The van der Waals surface area contributed by atoms with Crippen LogP contribution in [0, 0.1) is 17.5 Å². The first-order valence-corrected chi connectivity index (χ1v) is 7.88. The first-order chi connectivity index (χ1) is 12.0. The number of aromatic nitrogens is 1. The van der Waals surface area contributed by atoms with Crippen LogP contribution < -0.4 is 4.90 Å². The van der Waals surface area contributed by atoms with E-state index in [0.717, 1.165) is 17.0 Å². The summed E-state index contributed by atoms with van der Waals surface area (Å²) in [6.07, 6.45) is 0. The first-order valence-electron chi connectivity index (χ1n) is 7.35. The van der Waals surface area contributed by atoms with Crippen LogP contribution in [0.3, 0.4) is 0 Å². The van der Waals surface area contributed by atoms with Gasteiger partial charge in [-0.3, -0.25) is 9.69 Å². The molecule has 0 bridgehead atoms. The molecule has 0 aliphatic heterocycles. The molecule has 0 aliphatic carbocycles.